The van der Waals surface area contributed by atoms with Crippen molar-refractivity contribution in [2.45, 2.75) is 0 Å². The summed E-state index contributed by atoms with van der Waals surface area (Å²) in [6, 6.07) is 10.4. The standard InChI is InChI=1S/C19H20N4O7/c1-29-17-7-6-14(22(25)26)12-18(17)30-13-19(24)21-10-8-20(9-11-21)15-4-2-3-5-16(15)23(27)28/h2-7,12H,8-11,13H2,1H3. The van der Waals surface area contributed by atoms with E-state index in [1.807, 2.05) is 4.90 Å². The van der Waals surface area contributed by atoms with Crippen molar-refractivity contribution in [1.29, 1.82) is 0 Å². The smallest absolute Gasteiger partial charge is 0.292 e. The highest BCUT2D eigenvalue weighted by atomic mass is 16.6. The fraction of sp³-hybridized carbons (Fsp3) is 0.316. The molecule has 158 valence electrons. The Labute approximate surface area is 171 Å². The molecule has 0 N–H and O–H groups in total. The van der Waals surface area contributed by atoms with Gasteiger partial charge in [-0.25, -0.2) is 0 Å². The largest absolute Gasteiger partial charge is 0.493 e. The summed E-state index contributed by atoms with van der Waals surface area (Å²) in [5.74, 6) is 0.110. The monoisotopic (exact) mass is 416 g/mol. The second kappa shape index (κ2) is 9.07. The minimum atomic E-state index is -0.559. The summed E-state index contributed by atoms with van der Waals surface area (Å²) < 4.78 is 10.6. The molecular weight excluding hydrogens is 396 g/mol. The molecule has 0 atom stereocenters. The van der Waals surface area contributed by atoms with Gasteiger partial charge in [0.25, 0.3) is 17.3 Å². The first-order chi connectivity index (χ1) is 14.4. The molecule has 1 amide bonds. The number of piperazine rings is 1. The van der Waals surface area contributed by atoms with Crippen LogP contribution in [-0.2, 0) is 4.79 Å². The highest BCUT2D eigenvalue weighted by Crippen LogP contribution is 2.31. The Balaban J connectivity index is 1.60. The summed E-state index contributed by atoms with van der Waals surface area (Å²) in [4.78, 5) is 37.1. The van der Waals surface area contributed by atoms with E-state index in [1.54, 1.807) is 23.1 Å². The van der Waals surface area contributed by atoms with Gasteiger partial charge in [0.1, 0.15) is 5.69 Å². The third-order valence-corrected chi connectivity index (χ3v) is 4.76. The first kappa shape index (κ1) is 20.8. The normalized spacial score (nSPS) is 13.6. The van der Waals surface area contributed by atoms with Crippen LogP contribution in [0.5, 0.6) is 11.5 Å². The molecule has 0 bridgehead atoms. The lowest BCUT2D eigenvalue weighted by molar-refractivity contribution is -0.385. The fourth-order valence-electron chi connectivity index (χ4n) is 3.21. The maximum Gasteiger partial charge on any atom is 0.292 e. The van der Waals surface area contributed by atoms with Crippen molar-refractivity contribution in [2.75, 3.05) is 44.8 Å². The number of benzene rings is 2. The van der Waals surface area contributed by atoms with Crippen LogP contribution in [0.3, 0.4) is 0 Å². The molecule has 2 aromatic carbocycles. The number of non-ortho nitro benzene ring substituents is 1. The van der Waals surface area contributed by atoms with Crippen LogP contribution in [0.25, 0.3) is 0 Å². The van der Waals surface area contributed by atoms with Gasteiger partial charge in [-0.2, -0.15) is 0 Å². The molecule has 3 rings (SSSR count). The van der Waals surface area contributed by atoms with E-state index in [0.29, 0.717) is 31.9 Å². The molecule has 0 aromatic heterocycles. The van der Waals surface area contributed by atoms with E-state index in [4.69, 9.17) is 9.47 Å². The van der Waals surface area contributed by atoms with Crippen LogP contribution in [0.1, 0.15) is 0 Å². The Bertz CT molecular complexity index is 958. The average Bonchev–Trinajstić information content (AvgIpc) is 2.77. The number of hydrogen-bond acceptors (Lipinski definition) is 8. The SMILES string of the molecule is COc1ccc([N+](=O)[O-])cc1OCC(=O)N1CCN(c2ccccc2[N+](=O)[O-])CC1. The molecule has 1 aliphatic heterocycles. The molecule has 1 heterocycles. The summed E-state index contributed by atoms with van der Waals surface area (Å²) in [5.41, 5.74) is 0.377. The molecule has 2 aromatic rings. The summed E-state index contributed by atoms with van der Waals surface area (Å²) in [6.07, 6.45) is 0. The van der Waals surface area contributed by atoms with E-state index in [9.17, 15) is 25.0 Å². The van der Waals surface area contributed by atoms with Gasteiger partial charge in [0.15, 0.2) is 18.1 Å². The van der Waals surface area contributed by atoms with Gasteiger partial charge in [-0.15, -0.1) is 0 Å². The predicted octanol–water partition coefficient (Wildman–Crippen LogP) is 2.24. The molecule has 0 radical (unpaired) electrons. The number of anilines is 1. The van der Waals surface area contributed by atoms with E-state index in [-0.39, 0.29) is 35.4 Å². The second-order valence-corrected chi connectivity index (χ2v) is 6.49. The summed E-state index contributed by atoms with van der Waals surface area (Å²) >= 11 is 0. The Kier molecular flexibility index (Phi) is 6.30. The number of methoxy groups -OCH3 is 1. The summed E-state index contributed by atoms with van der Waals surface area (Å²) in [5, 5.41) is 22.2. The number of amides is 1. The third kappa shape index (κ3) is 4.57. The van der Waals surface area contributed by atoms with Crippen LogP contribution in [0.2, 0.25) is 0 Å². The highest BCUT2D eigenvalue weighted by molar-refractivity contribution is 5.78. The molecule has 11 heteroatoms. The Morgan fingerprint density at radius 2 is 1.70 bits per heavy atom. The van der Waals surface area contributed by atoms with Gasteiger partial charge in [-0.3, -0.25) is 25.0 Å². The quantitative estimate of drug-likeness (QED) is 0.496. The van der Waals surface area contributed by atoms with Crippen LogP contribution >= 0.6 is 0 Å². The first-order valence-corrected chi connectivity index (χ1v) is 9.12. The zero-order chi connectivity index (χ0) is 21.7. The molecule has 30 heavy (non-hydrogen) atoms. The number of nitro groups is 2. The van der Waals surface area contributed by atoms with Crippen molar-refractivity contribution in [3.05, 3.63) is 62.7 Å². The Morgan fingerprint density at radius 1 is 1.00 bits per heavy atom. The van der Waals surface area contributed by atoms with Crippen LogP contribution in [-0.4, -0.2) is 60.5 Å². The number of ether oxygens (including phenoxy) is 2. The van der Waals surface area contributed by atoms with E-state index in [1.165, 1.54) is 31.4 Å². The second-order valence-electron chi connectivity index (χ2n) is 6.49. The summed E-state index contributed by atoms with van der Waals surface area (Å²) in [7, 11) is 1.40. The maximum absolute atomic E-state index is 12.5. The van der Waals surface area contributed by atoms with Crippen LogP contribution < -0.4 is 14.4 Å². The van der Waals surface area contributed by atoms with Crippen molar-refractivity contribution in [3.63, 3.8) is 0 Å². The molecule has 0 unspecified atom stereocenters. The first-order valence-electron chi connectivity index (χ1n) is 9.12. The van der Waals surface area contributed by atoms with Gasteiger partial charge in [-0.1, -0.05) is 12.1 Å². The molecule has 1 fully saturated rings. The van der Waals surface area contributed by atoms with Gasteiger partial charge in [0, 0.05) is 38.3 Å². The molecule has 1 aliphatic rings. The fourth-order valence-corrected chi connectivity index (χ4v) is 3.21. The minimum Gasteiger partial charge on any atom is -0.493 e. The van der Waals surface area contributed by atoms with E-state index in [0.717, 1.165) is 0 Å². The lowest BCUT2D eigenvalue weighted by atomic mass is 10.2. The number of nitrogens with zero attached hydrogens (tertiary/aromatic N) is 4. The van der Waals surface area contributed by atoms with Crippen molar-refractivity contribution in [1.82, 2.24) is 4.90 Å². The van der Waals surface area contributed by atoms with Crippen LogP contribution in [0, 0.1) is 20.2 Å². The number of carbonyl (C=O) groups is 1. The average molecular weight is 416 g/mol. The van der Waals surface area contributed by atoms with Gasteiger partial charge < -0.3 is 19.3 Å². The topological polar surface area (TPSA) is 128 Å². The molecule has 0 saturated carbocycles. The van der Waals surface area contributed by atoms with Crippen molar-refractivity contribution < 1.29 is 24.1 Å². The zero-order valence-corrected chi connectivity index (χ0v) is 16.2. The lowest BCUT2D eigenvalue weighted by Crippen LogP contribution is -2.50. The number of rotatable bonds is 7. The van der Waals surface area contributed by atoms with Crippen LogP contribution in [0.4, 0.5) is 17.1 Å². The van der Waals surface area contributed by atoms with Gasteiger partial charge in [0.2, 0.25) is 0 Å². The van der Waals surface area contributed by atoms with E-state index in [2.05, 4.69) is 0 Å². The number of para-hydroxylation sites is 2. The van der Waals surface area contributed by atoms with Crippen molar-refractivity contribution in [3.8, 4) is 11.5 Å². The molecular formula is C19H20N4O7. The predicted molar refractivity (Wildman–Crippen MR) is 107 cm³/mol. The minimum absolute atomic E-state index is 0.0263. The molecule has 0 aliphatic carbocycles. The number of carbonyl (C=O) groups excluding carboxylic acids is 1. The van der Waals surface area contributed by atoms with Gasteiger partial charge >= 0.3 is 0 Å². The summed E-state index contributed by atoms with van der Waals surface area (Å²) in [6.45, 7) is 1.33. The Morgan fingerprint density at radius 3 is 2.33 bits per heavy atom. The molecule has 0 spiro atoms. The van der Waals surface area contributed by atoms with Crippen molar-refractivity contribution in [2.24, 2.45) is 0 Å². The van der Waals surface area contributed by atoms with Crippen LogP contribution in [0.15, 0.2) is 42.5 Å². The van der Waals surface area contributed by atoms with E-state index < -0.39 is 9.85 Å². The van der Waals surface area contributed by atoms with Gasteiger partial charge in [0.05, 0.1) is 23.0 Å². The van der Waals surface area contributed by atoms with E-state index >= 15 is 0 Å². The lowest BCUT2D eigenvalue weighted by Gasteiger charge is -2.35. The molecule has 11 nitrogen and oxygen atoms in total. The highest BCUT2D eigenvalue weighted by Gasteiger charge is 2.26. The number of nitro benzene ring substituents is 2. The third-order valence-electron chi connectivity index (χ3n) is 4.76. The Hall–Kier alpha value is -3.89. The van der Waals surface area contributed by atoms with Gasteiger partial charge in [-0.05, 0) is 12.1 Å². The molecule has 1 saturated heterocycles. The number of hydrogen-bond donors (Lipinski definition) is 0. The van der Waals surface area contributed by atoms with Crippen molar-refractivity contribution >= 4 is 23.0 Å². The maximum atomic E-state index is 12.5. The zero-order valence-electron chi connectivity index (χ0n) is 16.2.